The van der Waals surface area contributed by atoms with E-state index in [1.54, 1.807) is 0 Å². The molecule has 1 saturated carbocycles. The van der Waals surface area contributed by atoms with Gasteiger partial charge in [-0.15, -0.1) is 10.2 Å². The van der Waals surface area contributed by atoms with Crippen molar-refractivity contribution in [2.45, 2.75) is 50.4 Å². The van der Waals surface area contributed by atoms with Crippen molar-refractivity contribution in [3.63, 3.8) is 0 Å². The molecule has 1 aromatic heterocycles. The van der Waals surface area contributed by atoms with Crippen LogP contribution in [0.15, 0.2) is 4.34 Å². The topological polar surface area (TPSA) is 54.9 Å². The third-order valence-electron chi connectivity index (χ3n) is 3.89. The normalized spacial score (nSPS) is 27.2. The van der Waals surface area contributed by atoms with E-state index < -0.39 is 0 Å². The third-order valence-corrected chi connectivity index (χ3v) is 5.86. The maximum atomic E-state index is 12.0. The molecule has 0 unspecified atom stereocenters. The van der Waals surface area contributed by atoms with E-state index in [-0.39, 0.29) is 5.91 Å². The minimum absolute atomic E-state index is 0.115. The van der Waals surface area contributed by atoms with Crippen LogP contribution >= 0.6 is 23.1 Å². The molecule has 1 aliphatic rings. The molecule has 1 aromatic rings. The Balaban J connectivity index is 1.77. The molecule has 19 heavy (non-hydrogen) atoms. The van der Waals surface area contributed by atoms with Gasteiger partial charge in [0, 0.05) is 6.04 Å². The first-order valence-electron chi connectivity index (χ1n) is 6.78. The van der Waals surface area contributed by atoms with Crippen LogP contribution < -0.4 is 5.32 Å². The number of carbonyl (C=O) groups excluding carboxylic acids is 1. The molecule has 1 fully saturated rings. The van der Waals surface area contributed by atoms with Crippen molar-refractivity contribution in [2.24, 2.45) is 11.8 Å². The van der Waals surface area contributed by atoms with Crippen molar-refractivity contribution in [1.29, 1.82) is 0 Å². The van der Waals surface area contributed by atoms with Gasteiger partial charge in [-0.25, -0.2) is 0 Å². The predicted octanol–water partition coefficient (Wildman–Crippen LogP) is 2.88. The number of rotatable bonds is 4. The second kappa shape index (κ2) is 6.70. The predicted molar refractivity (Wildman–Crippen MR) is 79.5 cm³/mol. The van der Waals surface area contributed by atoms with E-state index in [0.717, 1.165) is 15.8 Å². The molecular formula is C13H21N3OS2. The van der Waals surface area contributed by atoms with Crippen LogP contribution in [-0.4, -0.2) is 27.9 Å². The molecular weight excluding hydrogens is 278 g/mol. The Morgan fingerprint density at radius 3 is 2.89 bits per heavy atom. The van der Waals surface area contributed by atoms with Crippen LogP contribution in [0, 0.1) is 18.8 Å². The lowest BCUT2D eigenvalue weighted by Gasteiger charge is -2.34. The van der Waals surface area contributed by atoms with Crippen LogP contribution in [0.25, 0.3) is 0 Å². The van der Waals surface area contributed by atoms with Crippen LogP contribution in [-0.2, 0) is 4.79 Å². The molecule has 106 valence electrons. The summed E-state index contributed by atoms with van der Waals surface area (Å²) in [6, 6.07) is 0.341. The Labute approximate surface area is 122 Å². The summed E-state index contributed by atoms with van der Waals surface area (Å²) >= 11 is 3.01. The standard InChI is InChI=1S/C13H21N3OS2/c1-8-5-4-6-11(9(8)2)14-12(17)7-18-13-16-15-10(3)19-13/h8-9,11H,4-7H2,1-3H3,(H,14,17)/t8-,9-,11+/m0/s1. The first-order chi connectivity index (χ1) is 9.06. The molecule has 0 saturated heterocycles. The van der Waals surface area contributed by atoms with Gasteiger partial charge in [-0.1, -0.05) is 49.8 Å². The van der Waals surface area contributed by atoms with E-state index in [0.29, 0.717) is 23.6 Å². The number of aryl methyl sites for hydroxylation is 1. The van der Waals surface area contributed by atoms with Crippen LogP contribution in [0.4, 0.5) is 0 Å². The van der Waals surface area contributed by atoms with Gasteiger partial charge in [-0.3, -0.25) is 4.79 Å². The molecule has 0 spiro atoms. The summed E-state index contributed by atoms with van der Waals surface area (Å²) in [4.78, 5) is 12.0. The highest BCUT2D eigenvalue weighted by Gasteiger charge is 2.28. The second-order valence-electron chi connectivity index (χ2n) is 5.32. The van der Waals surface area contributed by atoms with Crippen LogP contribution in [0.1, 0.15) is 38.1 Å². The molecule has 2 rings (SSSR count). The summed E-state index contributed by atoms with van der Waals surface area (Å²) in [5, 5.41) is 12.1. The number of nitrogens with zero attached hydrogens (tertiary/aromatic N) is 2. The number of amides is 1. The van der Waals surface area contributed by atoms with E-state index >= 15 is 0 Å². The van der Waals surface area contributed by atoms with E-state index in [9.17, 15) is 4.79 Å². The second-order valence-corrected chi connectivity index (χ2v) is 7.72. The van der Waals surface area contributed by atoms with E-state index in [2.05, 4.69) is 29.4 Å². The minimum Gasteiger partial charge on any atom is -0.352 e. The molecule has 1 heterocycles. The molecule has 0 radical (unpaired) electrons. The Morgan fingerprint density at radius 2 is 2.21 bits per heavy atom. The van der Waals surface area contributed by atoms with Crippen molar-refractivity contribution >= 4 is 29.0 Å². The van der Waals surface area contributed by atoms with Gasteiger partial charge in [-0.2, -0.15) is 0 Å². The van der Waals surface area contributed by atoms with Gasteiger partial charge in [0.25, 0.3) is 0 Å². The Hall–Kier alpha value is -0.620. The van der Waals surface area contributed by atoms with Gasteiger partial charge in [0.05, 0.1) is 5.75 Å². The minimum atomic E-state index is 0.115. The maximum Gasteiger partial charge on any atom is 0.230 e. The first kappa shape index (κ1) is 14.8. The quantitative estimate of drug-likeness (QED) is 0.869. The van der Waals surface area contributed by atoms with Gasteiger partial charge in [0.1, 0.15) is 5.01 Å². The molecule has 4 nitrogen and oxygen atoms in total. The lowest BCUT2D eigenvalue weighted by molar-refractivity contribution is -0.119. The van der Waals surface area contributed by atoms with Gasteiger partial charge in [0.15, 0.2) is 4.34 Å². The molecule has 0 bridgehead atoms. The molecule has 1 N–H and O–H groups in total. The summed E-state index contributed by atoms with van der Waals surface area (Å²) in [7, 11) is 0. The Kier molecular flexibility index (Phi) is 5.21. The summed E-state index contributed by atoms with van der Waals surface area (Å²) in [6.07, 6.45) is 3.62. The monoisotopic (exact) mass is 299 g/mol. The zero-order chi connectivity index (χ0) is 13.8. The fourth-order valence-electron chi connectivity index (χ4n) is 2.50. The fourth-order valence-corrected chi connectivity index (χ4v) is 4.12. The largest absolute Gasteiger partial charge is 0.352 e. The van der Waals surface area contributed by atoms with Crippen LogP contribution in [0.2, 0.25) is 0 Å². The average molecular weight is 299 g/mol. The molecule has 1 amide bonds. The summed E-state index contributed by atoms with van der Waals surface area (Å²) in [6.45, 7) is 6.45. The van der Waals surface area contributed by atoms with Crippen LogP contribution in [0.3, 0.4) is 0 Å². The average Bonchev–Trinajstić information content (AvgIpc) is 2.78. The number of thioether (sulfide) groups is 1. The van der Waals surface area contributed by atoms with Crippen LogP contribution in [0.5, 0.6) is 0 Å². The lowest BCUT2D eigenvalue weighted by Crippen LogP contribution is -2.44. The Morgan fingerprint density at radius 1 is 1.42 bits per heavy atom. The highest BCUT2D eigenvalue weighted by molar-refractivity contribution is 8.01. The molecule has 6 heteroatoms. The van der Waals surface area contributed by atoms with Gasteiger partial charge in [-0.05, 0) is 25.2 Å². The summed E-state index contributed by atoms with van der Waals surface area (Å²) < 4.78 is 0.873. The van der Waals surface area contributed by atoms with Gasteiger partial charge < -0.3 is 5.32 Å². The van der Waals surface area contributed by atoms with Gasteiger partial charge in [0.2, 0.25) is 5.91 Å². The molecule has 0 aliphatic heterocycles. The SMILES string of the molecule is Cc1nnc(SCC(=O)N[C@@H]2CCC[C@H](C)[C@@H]2C)s1. The fraction of sp³-hybridized carbons (Fsp3) is 0.769. The van der Waals surface area contributed by atoms with Crippen molar-refractivity contribution in [3.8, 4) is 0 Å². The summed E-state index contributed by atoms with van der Waals surface area (Å²) in [5.74, 6) is 1.83. The molecule has 0 aromatic carbocycles. The lowest BCUT2D eigenvalue weighted by atomic mass is 9.78. The number of nitrogens with one attached hydrogen (secondary N) is 1. The van der Waals surface area contributed by atoms with E-state index in [1.807, 2.05) is 6.92 Å². The Bertz CT molecular complexity index is 435. The third kappa shape index (κ3) is 4.18. The number of hydrogen-bond donors (Lipinski definition) is 1. The van der Waals surface area contributed by atoms with Crippen molar-refractivity contribution in [2.75, 3.05) is 5.75 Å². The highest BCUT2D eigenvalue weighted by Crippen LogP contribution is 2.29. The highest BCUT2D eigenvalue weighted by atomic mass is 32.2. The smallest absolute Gasteiger partial charge is 0.230 e. The van der Waals surface area contributed by atoms with Crippen molar-refractivity contribution in [1.82, 2.24) is 15.5 Å². The number of hydrogen-bond acceptors (Lipinski definition) is 5. The number of aromatic nitrogens is 2. The summed E-state index contributed by atoms with van der Waals surface area (Å²) in [5.41, 5.74) is 0. The van der Waals surface area contributed by atoms with E-state index in [1.165, 1.54) is 35.9 Å². The maximum absolute atomic E-state index is 12.0. The molecule has 3 atom stereocenters. The van der Waals surface area contributed by atoms with Crippen molar-refractivity contribution < 1.29 is 4.79 Å². The van der Waals surface area contributed by atoms with Crippen molar-refractivity contribution in [3.05, 3.63) is 5.01 Å². The number of carbonyl (C=O) groups is 1. The van der Waals surface area contributed by atoms with E-state index in [4.69, 9.17) is 0 Å². The molecule has 1 aliphatic carbocycles. The van der Waals surface area contributed by atoms with Gasteiger partial charge >= 0.3 is 0 Å². The zero-order valence-corrected chi connectivity index (χ0v) is 13.3. The first-order valence-corrected chi connectivity index (χ1v) is 8.58. The zero-order valence-electron chi connectivity index (χ0n) is 11.7.